The monoisotopic (exact) mass is 567 g/mol. The summed E-state index contributed by atoms with van der Waals surface area (Å²) >= 11 is 12.9. The van der Waals surface area contributed by atoms with Crippen molar-refractivity contribution in [3.8, 4) is 5.75 Å². The van der Waals surface area contributed by atoms with Gasteiger partial charge in [-0.25, -0.2) is 4.79 Å². The van der Waals surface area contributed by atoms with Crippen molar-refractivity contribution in [3.63, 3.8) is 0 Å². The Balaban J connectivity index is 1.51. The zero-order chi connectivity index (χ0) is 27.4. The van der Waals surface area contributed by atoms with Gasteiger partial charge < -0.3 is 9.47 Å². The average Bonchev–Trinajstić information content (AvgIpc) is 3.30. The number of ether oxygens (including phenoxy) is 2. The molecule has 4 nitrogen and oxygen atoms in total. The number of methoxy groups -OCH3 is 1. The minimum atomic E-state index is -0.342. The van der Waals surface area contributed by atoms with Gasteiger partial charge in [0.15, 0.2) is 0 Å². The van der Waals surface area contributed by atoms with Crippen LogP contribution >= 0.6 is 23.2 Å². The maximum atomic E-state index is 12.6. The third-order valence-electron chi connectivity index (χ3n) is 7.51. The highest BCUT2D eigenvalue weighted by Crippen LogP contribution is 2.42. The quantitative estimate of drug-likeness (QED) is 0.259. The first-order valence-corrected chi connectivity index (χ1v) is 14.2. The molecule has 1 atom stereocenters. The second-order valence-corrected chi connectivity index (χ2v) is 10.9. The number of halogens is 3. The molecule has 0 N–H and O–H groups in total. The molecule has 1 aliphatic carbocycles. The van der Waals surface area contributed by atoms with Crippen LogP contribution in [0.5, 0.6) is 5.75 Å². The van der Waals surface area contributed by atoms with Crippen molar-refractivity contribution in [2.24, 2.45) is 0 Å². The summed E-state index contributed by atoms with van der Waals surface area (Å²) in [6.45, 7) is 2.25. The number of hydrogen-bond acceptors (Lipinski definition) is 4. The number of allylic oxidation sites excluding steroid dienone is 1. The van der Waals surface area contributed by atoms with Gasteiger partial charge in [-0.15, -0.1) is 0 Å². The summed E-state index contributed by atoms with van der Waals surface area (Å²) in [5.74, 6) is 0.475. The molecule has 1 heterocycles. The third-order valence-corrected chi connectivity index (χ3v) is 8.06. The van der Waals surface area contributed by atoms with E-state index in [2.05, 4.69) is 17.0 Å². The molecule has 0 unspecified atom stereocenters. The minimum Gasteiger partial charge on any atom is -0.489 e. The van der Waals surface area contributed by atoms with Crippen molar-refractivity contribution in [2.45, 2.75) is 38.2 Å². The Morgan fingerprint density at radius 3 is 2.56 bits per heavy atom. The molecule has 39 heavy (non-hydrogen) atoms. The maximum Gasteiger partial charge on any atom is 0.337 e. The molecule has 3 aromatic rings. The lowest BCUT2D eigenvalue weighted by Crippen LogP contribution is -2.26. The van der Waals surface area contributed by atoms with Crippen LogP contribution in [0.25, 0.3) is 11.1 Å². The molecular weight excluding hydrogens is 536 g/mol. The van der Waals surface area contributed by atoms with Crippen molar-refractivity contribution < 1.29 is 18.7 Å². The maximum absolute atomic E-state index is 12.6. The van der Waals surface area contributed by atoms with Gasteiger partial charge >= 0.3 is 5.97 Å². The summed E-state index contributed by atoms with van der Waals surface area (Å²) in [5.41, 5.74) is 6.97. The van der Waals surface area contributed by atoms with Crippen molar-refractivity contribution in [1.29, 1.82) is 0 Å². The molecule has 2 aliphatic rings. The Bertz CT molecular complexity index is 1370. The highest BCUT2D eigenvalue weighted by atomic mass is 35.5. The van der Waals surface area contributed by atoms with Crippen LogP contribution in [-0.2, 0) is 11.2 Å². The summed E-state index contributed by atoms with van der Waals surface area (Å²) in [4.78, 5) is 14.5. The van der Waals surface area contributed by atoms with Gasteiger partial charge in [-0.3, -0.25) is 9.29 Å². The van der Waals surface area contributed by atoms with Gasteiger partial charge in [-0.1, -0.05) is 47.5 Å². The van der Waals surface area contributed by atoms with Gasteiger partial charge in [0.1, 0.15) is 11.9 Å². The van der Waals surface area contributed by atoms with Crippen LogP contribution in [0, 0.1) is 0 Å². The van der Waals surface area contributed by atoms with Crippen LogP contribution in [0.4, 0.5) is 4.39 Å². The Labute approximate surface area is 239 Å². The summed E-state index contributed by atoms with van der Waals surface area (Å²) < 4.78 is 23.8. The number of nitrogens with zero attached hydrogens (tertiary/aromatic N) is 1. The first kappa shape index (κ1) is 27.7. The average molecular weight is 569 g/mol. The van der Waals surface area contributed by atoms with Crippen molar-refractivity contribution in [2.75, 3.05) is 33.4 Å². The summed E-state index contributed by atoms with van der Waals surface area (Å²) in [6.07, 6.45) is 4.19. The molecule has 1 saturated heterocycles. The molecular formula is C32H32Cl2FNO3. The highest BCUT2D eigenvalue weighted by molar-refractivity contribution is 6.36. The van der Waals surface area contributed by atoms with Crippen molar-refractivity contribution in [1.82, 2.24) is 4.90 Å². The minimum absolute atomic E-state index is 0.105. The van der Waals surface area contributed by atoms with E-state index in [1.165, 1.54) is 7.11 Å². The van der Waals surface area contributed by atoms with Crippen LogP contribution < -0.4 is 4.74 Å². The smallest absolute Gasteiger partial charge is 0.337 e. The Morgan fingerprint density at radius 1 is 1.03 bits per heavy atom. The number of carbonyl (C=O) groups is 1. The zero-order valence-corrected chi connectivity index (χ0v) is 23.5. The van der Waals surface area contributed by atoms with E-state index in [0.717, 1.165) is 84.5 Å². The number of hydrogen-bond donors (Lipinski definition) is 0. The lowest BCUT2D eigenvalue weighted by molar-refractivity contribution is 0.0600. The number of aryl methyl sites for hydroxylation is 1. The SMILES string of the molecule is COC(=O)c1ccc2c(c1)CCCC(c1ccc(Cl)cc1Cl)=C2c1ccc(O[C@H]2CCN(CCCF)C2)cc1. The van der Waals surface area contributed by atoms with E-state index in [0.29, 0.717) is 22.0 Å². The van der Waals surface area contributed by atoms with Gasteiger partial charge in [0.2, 0.25) is 0 Å². The number of carbonyl (C=O) groups excluding carboxylic acids is 1. The largest absolute Gasteiger partial charge is 0.489 e. The fourth-order valence-electron chi connectivity index (χ4n) is 5.64. The predicted molar refractivity (Wildman–Crippen MR) is 156 cm³/mol. The number of rotatable bonds is 8. The lowest BCUT2D eigenvalue weighted by Gasteiger charge is -2.19. The lowest BCUT2D eigenvalue weighted by atomic mass is 9.87. The predicted octanol–water partition coefficient (Wildman–Crippen LogP) is 7.89. The molecule has 0 amide bonds. The normalized spacial score (nSPS) is 17.6. The molecule has 1 fully saturated rings. The Hall–Kier alpha value is -2.86. The molecule has 0 spiro atoms. The number of likely N-dealkylation sites (tertiary alicyclic amines) is 1. The molecule has 0 aromatic heterocycles. The van der Waals surface area contributed by atoms with Crippen LogP contribution in [0.1, 0.15) is 58.3 Å². The molecule has 3 aromatic carbocycles. The summed E-state index contributed by atoms with van der Waals surface area (Å²) in [6, 6.07) is 19.6. The highest BCUT2D eigenvalue weighted by Gasteiger charge is 2.25. The van der Waals surface area contributed by atoms with E-state index >= 15 is 0 Å². The van der Waals surface area contributed by atoms with Gasteiger partial charge in [-0.2, -0.15) is 0 Å². The van der Waals surface area contributed by atoms with E-state index in [-0.39, 0.29) is 18.7 Å². The van der Waals surface area contributed by atoms with Crippen molar-refractivity contribution >= 4 is 40.3 Å². The number of fused-ring (bicyclic) bond motifs is 1. The molecule has 204 valence electrons. The number of esters is 1. The van der Waals surface area contributed by atoms with E-state index < -0.39 is 0 Å². The number of benzene rings is 3. The van der Waals surface area contributed by atoms with Gasteiger partial charge in [0, 0.05) is 29.7 Å². The van der Waals surface area contributed by atoms with Crippen molar-refractivity contribution in [3.05, 3.63) is 98.5 Å². The molecule has 0 bridgehead atoms. The first-order chi connectivity index (χ1) is 19.0. The number of alkyl halides is 1. The summed E-state index contributed by atoms with van der Waals surface area (Å²) in [5, 5.41) is 1.21. The fraction of sp³-hybridized carbons (Fsp3) is 0.344. The van der Waals surface area contributed by atoms with E-state index in [1.54, 1.807) is 6.07 Å². The topological polar surface area (TPSA) is 38.8 Å². The fourth-order valence-corrected chi connectivity index (χ4v) is 6.16. The second kappa shape index (κ2) is 12.5. The Kier molecular flexibility index (Phi) is 8.91. The molecule has 1 aliphatic heterocycles. The molecule has 7 heteroatoms. The van der Waals surface area contributed by atoms with Crippen LogP contribution in [-0.4, -0.2) is 50.4 Å². The first-order valence-electron chi connectivity index (χ1n) is 13.4. The van der Waals surface area contributed by atoms with Gasteiger partial charge in [-0.05, 0) is 102 Å². The molecule has 0 saturated carbocycles. The Morgan fingerprint density at radius 2 is 1.82 bits per heavy atom. The van der Waals surface area contributed by atoms with E-state index in [1.807, 2.05) is 42.5 Å². The van der Waals surface area contributed by atoms with Crippen LogP contribution in [0.2, 0.25) is 10.0 Å². The summed E-state index contributed by atoms with van der Waals surface area (Å²) in [7, 11) is 1.40. The van der Waals surface area contributed by atoms with Crippen LogP contribution in [0.15, 0.2) is 60.7 Å². The molecule has 0 radical (unpaired) electrons. The second-order valence-electron chi connectivity index (χ2n) is 10.1. The van der Waals surface area contributed by atoms with E-state index in [9.17, 15) is 9.18 Å². The van der Waals surface area contributed by atoms with Crippen LogP contribution in [0.3, 0.4) is 0 Å². The van der Waals surface area contributed by atoms with Gasteiger partial charge in [0.05, 0.1) is 19.3 Å². The standard InChI is InChI=1S/C32H32Cl2FNO3/c1-38-32(37)23-8-12-27-22(18-23)4-2-5-29(28-13-9-24(33)19-30(28)34)31(27)21-6-10-25(11-7-21)39-26-14-17-36(20-26)16-3-15-35/h6-13,18-19,26H,2-5,14-17,20H2,1H3/t26-/m0/s1. The van der Waals surface area contributed by atoms with Gasteiger partial charge in [0.25, 0.3) is 0 Å². The zero-order valence-electron chi connectivity index (χ0n) is 22.0. The third kappa shape index (κ3) is 6.32. The molecule has 5 rings (SSSR count). The van der Waals surface area contributed by atoms with E-state index in [4.69, 9.17) is 32.7 Å².